The van der Waals surface area contributed by atoms with Gasteiger partial charge in [0.2, 0.25) is 0 Å². The van der Waals surface area contributed by atoms with Crippen LogP contribution in [-0.2, 0) is 9.47 Å². The number of ether oxygens (including phenoxy) is 2. The van der Waals surface area contributed by atoms with Crippen molar-refractivity contribution in [2.24, 2.45) is 5.92 Å². The summed E-state index contributed by atoms with van der Waals surface area (Å²) >= 11 is 0. The first kappa shape index (κ1) is 10.4. The number of nitrogens with one attached hydrogen (secondary N) is 1. The topological polar surface area (TPSA) is 30.5 Å². The van der Waals surface area contributed by atoms with Crippen molar-refractivity contribution in [1.29, 1.82) is 0 Å². The van der Waals surface area contributed by atoms with E-state index in [2.05, 4.69) is 19.2 Å². The van der Waals surface area contributed by atoms with Gasteiger partial charge in [0.05, 0.1) is 12.2 Å². The normalized spacial score (nSPS) is 37.1. The molecule has 3 nitrogen and oxygen atoms in total. The Bertz CT molecular complexity index is 209. The second kappa shape index (κ2) is 3.47. The summed E-state index contributed by atoms with van der Waals surface area (Å²) in [7, 11) is 1.76. The Morgan fingerprint density at radius 3 is 2.57 bits per heavy atom. The molecule has 1 saturated heterocycles. The second-order valence-corrected chi connectivity index (χ2v) is 5.24. The highest BCUT2D eigenvalue weighted by molar-refractivity contribution is 5.02. The fraction of sp³-hybridized carbons (Fsp3) is 1.00. The molecule has 1 heterocycles. The van der Waals surface area contributed by atoms with Crippen LogP contribution in [0.3, 0.4) is 0 Å². The average molecular weight is 199 g/mol. The zero-order chi connectivity index (χ0) is 10.2. The molecule has 0 aromatic rings. The number of rotatable bonds is 3. The molecule has 0 amide bonds. The van der Waals surface area contributed by atoms with E-state index in [-0.39, 0.29) is 11.2 Å². The standard InChI is InChI=1S/C11H21NO2/c1-10(2)6-12-7-11(14-10,8-13-3)9-4-5-9/h9,12H,4-8H2,1-3H3. The molecule has 0 aromatic heterocycles. The lowest BCUT2D eigenvalue weighted by Crippen LogP contribution is -2.61. The number of morpholine rings is 1. The van der Waals surface area contributed by atoms with Gasteiger partial charge in [-0.3, -0.25) is 0 Å². The molecule has 0 radical (unpaired) electrons. The van der Waals surface area contributed by atoms with Crippen molar-refractivity contribution in [3.63, 3.8) is 0 Å². The van der Waals surface area contributed by atoms with Gasteiger partial charge in [-0.05, 0) is 32.6 Å². The van der Waals surface area contributed by atoms with Crippen molar-refractivity contribution in [3.8, 4) is 0 Å². The molecule has 1 unspecified atom stereocenters. The van der Waals surface area contributed by atoms with Crippen LogP contribution in [0.5, 0.6) is 0 Å². The zero-order valence-corrected chi connectivity index (χ0v) is 9.43. The Labute approximate surface area is 86.2 Å². The molecule has 1 atom stereocenters. The molecule has 2 rings (SSSR count). The highest BCUT2D eigenvalue weighted by Crippen LogP contribution is 2.44. The molecule has 0 aromatic carbocycles. The summed E-state index contributed by atoms with van der Waals surface area (Å²) in [6, 6.07) is 0. The fourth-order valence-corrected chi connectivity index (χ4v) is 2.48. The molecule has 3 heteroatoms. The van der Waals surface area contributed by atoms with Crippen molar-refractivity contribution in [2.45, 2.75) is 37.9 Å². The van der Waals surface area contributed by atoms with Gasteiger partial charge in [0.1, 0.15) is 5.60 Å². The van der Waals surface area contributed by atoms with Gasteiger partial charge in [0.15, 0.2) is 0 Å². The van der Waals surface area contributed by atoms with E-state index in [4.69, 9.17) is 9.47 Å². The van der Waals surface area contributed by atoms with Gasteiger partial charge in [0, 0.05) is 20.2 Å². The van der Waals surface area contributed by atoms with Crippen molar-refractivity contribution in [2.75, 3.05) is 26.8 Å². The molecule has 0 bridgehead atoms. The maximum absolute atomic E-state index is 6.24. The summed E-state index contributed by atoms with van der Waals surface area (Å²) in [5, 5.41) is 3.47. The molecule has 1 N–H and O–H groups in total. The maximum Gasteiger partial charge on any atom is 0.107 e. The number of methoxy groups -OCH3 is 1. The minimum Gasteiger partial charge on any atom is -0.382 e. The lowest BCUT2D eigenvalue weighted by molar-refractivity contribution is -0.193. The Morgan fingerprint density at radius 2 is 2.07 bits per heavy atom. The highest BCUT2D eigenvalue weighted by Gasteiger charge is 2.51. The van der Waals surface area contributed by atoms with Crippen LogP contribution in [0, 0.1) is 5.92 Å². The van der Waals surface area contributed by atoms with Crippen LogP contribution in [0.4, 0.5) is 0 Å². The monoisotopic (exact) mass is 199 g/mol. The molecule has 14 heavy (non-hydrogen) atoms. The minimum atomic E-state index is -0.0590. The third-order valence-electron chi connectivity index (χ3n) is 3.16. The predicted octanol–water partition coefficient (Wildman–Crippen LogP) is 1.18. The lowest BCUT2D eigenvalue weighted by atomic mass is 9.93. The van der Waals surface area contributed by atoms with E-state index in [0.29, 0.717) is 12.5 Å². The Balaban J connectivity index is 2.09. The van der Waals surface area contributed by atoms with Crippen LogP contribution in [0.2, 0.25) is 0 Å². The van der Waals surface area contributed by atoms with Crippen LogP contribution in [0.15, 0.2) is 0 Å². The van der Waals surface area contributed by atoms with Crippen LogP contribution in [0.25, 0.3) is 0 Å². The molecule has 1 saturated carbocycles. The van der Waals surface area contributed by atoms with Crippen LogP contribution >= 0.6 is 0 Å². The van der Waals surface area contributed by atoms with Crippen LogP contribution < -0.4 is 5.32 Å². The summed E-state index contributed by atoms with van der Waals surface area (Å²) < 4.78 is 11.6. The van der Waals surface area contributed by atoms with E-state index in [1.807, 2.05) is 0 Å². The predicted molar refractivity (Wildman–Crippen MR) is 55.4 cm³/mol. The molecule has 82 valence electrons. The summed E-state index contributed by atoms with van der Waals surface area (Å²) in [5.74, 6) is 0.703. The third-order valence-corrected chi connectivity index (χ3v) is 3.16. The van der Waals surface area contributed by atoms with E-state index < -0.39 is 0 Å². The molecule has 1 aliphatic heterocycles. The largest absolute Gasteiger partial charge is 0.382 e. The minimum absolute atomic E-state index is 0.0562. The van der Waals surface area contributed by atoms with E-state index >= 15 is 0 Å². The molecular formula is C11H21NO2. The van der Waals surface area contributed by atoms with Crippen LogP contribution in [0.1, 0.15) is 26.7 Å². The molecular weight excluding hydrogens is 178 g/mol. The Morgan fingerprint density at radius 1 is 1.36 bits per heavy atom. The second-order valence-electron chi connectivity index (χ2n) is 5.24. The summed E-state index contributed by atoms with van der Waals surface area (Å²) in [4.78, 5) is 0. The summed E-state index contributed by atoms with van der Waals surface area (Å²) in [6.45, 7) is 6.88. The fourth-order valence-electron chi connectivity index (χ4n) is 2.48. The molecule has 2 aliphatic rings. The van der Waals surface area contributed by atoms with E-state index in [9.17, 15) is 0 Å². The van der Waals surface area contributed by atoms with E-state index in [0.717, 1.165) is 13.1 Å². The van der Waals surface area contributed by atoms with Gasteiger partial charge in [0.25, 0.3) is 0 Å². The Hall–Kier alpha value is -0.120. The molecule has 1 aliphatic carbocycles. The third kappa shape index (κ3) is 1.95. The zero-order valence-electron chi connectivity index (χ0n) is 9.43. The SMILES string of the molecule is COCC1(C2CC2)CNCC(C)(C)O1. The van der Waals surface area contributed by atoms with Gasteiger partial charge in [-0.25, -0.2) is 0 Å². The first-order valence-electron chi connectivity index (χ1n) is 5.48. The van der Waals surface area contributed by atoms with Crippen LogP contribution in [-0.4, -0.2) is 38.0 Å². The summed E-state index contributed by atoms with van der Waals surface area (Å²) in [6.07, 6.45) is 2.59. The summed E-state index contributed by atoms with van der Waals surface area (Å²) in [5.41, 5.74) is -0.115. The van der Waals surface area contributed by atoms with Crippen molar-refractivity contribution >= 4 is 0 Å². The quantitative estimate of drug-likeness (QED) is 0.740. The molecule has 2 fully saturated rings. The lowest BCUT2D eigenvalue weighted by Gasteiger charge is -2.46. The van der Waals surface area contributed by atoms with Gasteiger partial charge in [-0.15, -0.1) is 0 Å². The Kier molecular flexibility index (Phi) is 2.58. The van der Waals surface area contributed by atoms with Gasteiger partial charge >= 0.3 is 0 Å². The first-order valence-corrected chi connectivity index (χ1v) is 5.48. The van der Waals surface area contributed by atoms with Gasteiger partial charge in [-0.2, -0.15) is 0 Å². The van der Waals surface area contributed by atoms with Gasteiger partial charge < -0.3 is 14.8 Å². The van der Waals surface area contributed by atoms with E-state index in [1.54, 1.807) is 7.11 Å². The van der Waals surface area contributed by atoms with Gasteiger partial charge in [-0.1, -0.05) is 0 Å². The maximum atomic E-state index is 6.24. The van der Waals surface area contributed by atoms with Crippen molar-refractivity contribution < 1.29 is 9.47 Å². The smallest absolute Gasteiger partial charge is 0.107 e. The van der Waals surface area contributed by atoms with E-state index in [1.165, 1.54) is 12.8 Å². The number of hydrogen-bond donors (Lipinski definition) is 1. The number of hydrogen-bond acceptors (Lipinski definition) is 3. The average Bonchev–Trinajstić information content (AvgIpc) is 2.84. The first-order chi connectivity index (χ1) is 6.58. The van der Waals surface area contributed by atoms with Crippen molar-refractivity contribution in [1.82, 2.24) is 5.32 Å². The highest BCUT2D eigenvalue weighted by atomic mass is 16.6. The molecule has 0 spiro atoms. The van der Waals surface area contributed by atoms with Crippen molar-refractivity contribution in [3.05, 3.63) is 0 Å².